The minimum Gasteiger partial charge on any atom is -0.456 e. The molecule has 4 bridgehead atoms. The van der Waals surface area contributed by atoms with E-state index in [0.717, 1.165) is 24.6 Å². The van der Waals surface area contributed by atoms with Gasteiger partial charge in [-0.05, 0) is 87.1 Å². The monoisotopic (exact) mass is 1050 g/mol. The third-order valence-corrected chi connectivity index (χ3v) is 11.7. The SMILES string of the molecule is C/C=C1\NC(=O)c2ccc(F)c(n2)CNC(=O)C[C@@H](/C=C/CCS)OC(=O)[C@H](C(C)C)NC1=O.C/C=C1\NC(=O)c2ccc(F)c(n2)CNC(=O)C[C@@H](/C=C/CCSC(=O)CCC)OC(=O)[C@H](C(C)C)NC1=O. The fourth-order valence-electron chi connectivity index (χ4n) is 6.50. The van der Waals surface area contributed by atoms with Crippen molar-refractivity contribution in [1.82, 2.24) is 41.9 Å². The van der Waals surface area contributed by atoms with E-state index in [-0.39, 0.29) is 77.1 Å². The standard InChI is InChI=1S/C27H35FN4O6S.C23H29FN4O5S/c1-5-9-23(34)39-13-8-7-10-17-14-22(33)29-15-21-18(28)11-12-20(30-21)26(36)31-19(6-2)25(35)32-24(16(3)4)27(37)38-17;1-4-16-21(30)28-20(13(2)3)23(32)33-14(7-5-6-10-34)11-19(29)25-12-18-15(24)8-9-17(26-18)22(31)27-16/h6-7,10-12,16-17,24H,5,8-9,13-15H2,1-4H3,(H,29,33)(H,31,36)(H,32,35);4-5,7-9,13-14,20,34H,6,10-12H2,1-3H3,(H,25,29)(H,27,31)(H,28,30)/b10-7+,19-6-;7-5+,16-4-/t17-,24+;14-,20+/m11/s1. The number of esters is 2. The van der Waals surface area contributed by atoms with Crippen molar-refractivity contribution in [3.05, 3.63) is 107 Å². The topological polar surface area (TPSA) is 270 Å². The molecule has 6 amide bonds. The summed E-state index contributed by atoms with van der Waals surface area (Å²) >= 11 is 5.34. The van der Waals surface area contributed by atoms with E-state index >= 15 is 0 Å². The number of cyclic esters (lactones) is 2. The Bertz CT molecular complexity index is 2470. The van der Waals surface area contributed by atoms with Crippen LogP contribution in [0.4, 0.5) is 8.78 Å². The number of fused-ring (bicyclic) bond motifs is 4. The lowest BCUT2D eigenvalue weighted by atomic mass is 10.0. The molecule has 2 aliphatic rings. The van der Waals surface area contributed by atoms with E-state index in [0.29, 0.717) is 30.8 Å². The second-order valence-electron chi connectivity index (χ2n) is 17.0. The Labute approximate surface area is 432 Å². The fraction of sp³-hybridized carbons (Fsp3) is 0.460. The largest absolute Gasteiger partial charge is 0.456 e. The highest BCUT2D eigenvalue weighted by Gasteiger charge is 2.32. The first kappa shape index (κ1) is 60.6. The zero-order chi connectivity index (χ0) is 54.2. The highest BCUT2D eigenvalue weighted by Crippen LogP contribution is 2.16. The van der Waals surface area contributed by atoms with Crippen molar-refractivity contribution in [2.45, 2.75) is 124 Å². The molecular formula is C50H64F2N8O11S2. The van der Waals surface area contributed by atoms with Gasteiger partial charge in [-0.25, -0.2) is 28.3 Å². The number of thioether (sulfide) groups is 1. The van der Waals surface area contributed by atoms with Crippen LogP contribution in [0.3, 0.4) is 0 Å². The van der Waals surface area contributed by atoms with Crippen LogP contribution < -0.4 is 31.9 Å². The van der Waals surface area contributed by atoms with Gasteiger partial charge in [-0.15, -0.1) is 0 Å². The van der Waals surface area contributed by atoms with Gasteiger partial charge in [-0.3, -0.25) is 33.6 Å². The van der Waals surface area contributed by atoms with Crippen LogP contribution in [-0.4, -0.2) is 98.3 Å². The molecule has 0 saturated heterocycles. The molecule has 4 heterocycles. The van der Waals surface area contributed by atoms with Crippen LogP contribution in [0.25, 0.3) is 0 Å². The summed E-state index contributed by atoms with van der Waals surface area (Å²) in [6.07, 6.45) is 9.28. The Morgan fingerprint density at radius 2 is 1.12 bits per heavy atom. The first-order valence-electron chi connectivity index (χ1n) is 23.6. The molecular weight excluding hydrogens is 991 g/mol. The van der Waals surface area contributed by atoms with Gasteiger partial charge in [-0.1, -0.05) is 70.7 Å². The average Bonchev–Trinajstić information content (AvgIpc) is 3.34. The number of carbonyl (C=O) groups excluding carboxylic acids is 9. The molecule has 396 valence electrons. The summed E-state index contributed by atoms with van der Waals surface area (Å²) in [5.41, 5.74) is -0.862. The van der Waals surface area contributed by atoms with Crippen molar-refractivity contribution in [1.29, 1.82) is 0 Å². The number of ether oxygens (including phenoxy) is 2. The number of aromatic nitrogens is 2. The zero-order valence-electron chi connectivity index (χ0n) is 41.8. The van der Waals surface area contributed by atoms with Crippen molar-refractivity contribution in [3.63, 3.8) is 0 Å². The molecule has 73 heavy (non-hydrogen) atoms. The lowest BCUT2D eigenvalue weighted by molar-refractivity contribution is -0.153. The van der Waals surface area contributed by atoms with Gasteiger partial charge in [0.1, 0.15) is 58.7 Å². The molecule has 0 fully saturated rings. The van der Waals surface area contributed by atoms with E-state index in [9.17, 15) is 51.9 Å². The average molecular weight is 1060 g/mol. The highest BCUT2D eigenvalue weighted by molar-refractivity contribution is 8.13. The van der Waals surface area contributed by atoms with Crippen LogP contribution in [0.15, 0.2) is 72.1 Å². The molecule has 0 aliphatic carbocycles. The van der Waals surface area contributed by atoms with Gasteiger partial charge in [0.25, 0.3) is 23.6 Å². The summed E-state index contributed by atoms with van der Waals surface area (Å²) in [4.78, 5) is 122. The fourth-order valence-corrected chi connectivity index (χ4v) is 7.48. The number of allylic oxidation sites excluding steroid dienone is 4. The number of pyridine rings is 2. The van der Waals surface area contributed by atoms with E-state index in [1.165, 1.54) is 43.8 Å². The molecule has 6 N–H and O–H groups in total. The number of nitrogens with one attached hydrogen (secondary N) is 6. The van der Waals surface area contributed by atoms with Crippen molar-refractivity contribution in [2.75, 3.05) is 11.5 Å². The minimum absolute atomic E-state index is 0.0959. The Hall–Kier alpha value is -6.75. The van der Waals surface area contributed by atoms with Crippen LogP contribution in [0.1, 0.15) is 119 Å². The summed E-state index contributed by atoms with van der Waals surface area (Å²) in [6.45, 7) is 11.3. The first-order valence-corrected chi connectivity index (χ1v) is 25.2. The van der Waals surface area contributed by atoms with E-state index in [4.69, 9.17) is 9.47 Å². The van der Waals surface area contributed by atoms with Crippen LogP contribution in [0, 0.1) is 23.5 Å². The van der Waals surface area contributed by atoms with Crippen molar-refractivity contribution in [2.24, 2.45) is 11.8 Å². The molecule has 0 radical (unpaired) electrons. The quantitative estimate of drug-likeness (QED) is 0.0527. The van der Waals surface area contributed by atoms with Crippen LogP contribution in [-0.2, 0) is 56.1 Å². The van der Waals surface area contributed by atoms with E-state index in [1.807, 2.05) is 6.92 Å². The molecule has 23 heteroatoms. The predicted octanol–water partition coefficient (Wildman–Crippen LogP) is 4.74. The number of hydrogen-bond donors (Lipinski definition) is 7. The molecule has 0 aromatic carbocycles. The van der Waals surface area contributed by atoms with E-state index in [2.05, 4.69) is 54.5 Å². The highest BCUT2D eigenvalue weighted by atomic mass is 32.2. The Morgan fingerprint density at radius 1 is 0.699 bits per heavy atom. The minimum atomic E-state index is -1.08. The third-order valence-electron chi connectivity index (χ3n) is 10.5. The van der Waals surface area contributed by atoms with Crippen LogP contribution in [0.2, 0.25) is 0 Å². The van der Waals surface area contributed by atoms with Gasteiger partial charge in [0.05, 0.1) is 37.3 Å². The number of rotatable bonds is 11. The Kier molecular flexibility index (Phi) is 25.7. The third kappa shape index (κ3) is 20.4. The van der Waals surface area contributed by atoms with Crippen LogP contribution >= 0.6 is 24.4 Å². The molecule has 0 saturated carbocycles. The maximum atomic E-state index is 14.3. The number of halogens is 2. The number of thiol groups is 1. The first-order chi connectivity index (χ1) is 34.7. The molecule has 0 spiro atoms. The Balaban J connectivity index is 0.000000389. The maximum Gasteiger partial charge on any atom is 0.329 e. The lowest BCUT2D eigenvalue weighted by Crippen LogP contribution is -2.48. The summed E-state index contributed by atoms with van der Waals surface area (Å²) in [7, 11) is 0. The molecule has 4 atom stereocenters. The van der Waals surface area contributed by atoms with Crippen molar-refractivity contribution < 1.29 is 61.4 Å². The van der Waals surface area contributed by atoms with Crippen molar-refractivity contribution >= 4 is 76.9 Å². The number of amides is 6. The molecule has 2 aliphatic heterocycles. The summed E-state index contributed by atoms with van der Waals surface area (Å²) in [6, 6.07) is 2.32. The number of nitrogens with zero attached hydrogens (tertiary/aromatic N) is 2. The second-order valence-corrected chi connectivity index (χ2v) is 18.6. The maximum absolute atomic E-state index is 14.3. The molecule has 4 rings (SSSR count). The van der Waals surface area contributed by atoms with Gasteiger partial charge < -0.3 is 41.4 Å². The van der Waals surface area contributed by atoms with Gasteiger partial charge in [0.2, 0.25) is 11.8 Å². The molecule has 2 aromatic heterocycles. The van der Waals surface area contributed by atoms with Crippen molar-refractivity contribution in [3.8, 4) is 0 Å². The van der Waals surface area contributed by atoms with Gasteiger partial charge in [-0.2, -0.15) is 12.6 Å². The van der Waals surface area contributed by atoms with Gasteiger partial charge in [0, 0.05) is 12.2 Å². The summed E-state index contributed by atoms with van der Waals surface area (Å²) < 4.78 is 39.6. The smallest absolute Gasteiger partial charge is 0.329 e. The summed E-state index contributed by atoms with van der Waals surface area (Å²) in [5, 5.41) is 15.2. The van der Waals surface area contributed by atoms with Crippen LogP contribution in [0.5, 0.6) is 0 Å². The van der Waals surface area contributed by atoms with Gasteiger partial charge >= 0.3 is 11.9 Å². The summed E-state index contributed by atoms with van der Waals surface area (Å²) in [5.74, 6) is -6.57. The number of hydrogen-bond acceptors (Lipinski definition) is 15. The zero-order valence-corrected chi connectivity index (χ0v) is 43.5. The van der Waals surface area contributed by atoms with E-state index < -0.39 is 83.3 Å². The molecule has 0 unspecified atom stereocenters. The number of carbonyl (C=O) groups is 9. The Morgan fingerprint density at radius 3 is 1.51 bits per heavy atom. The molecule has 19 nitrogen and oxygen atoms in total. The predicted molar refractivity (Wildman–Crippen MR) is 271 cm³/mol. The normalized spacial score (nSPS) is 21.2. The van der Waals surface area contributed by atoms with E-state index in [1.54, 1.807) is 52.0 Å². The second kappa shape index (κ2) is 31.0. The molecule has 2 aromatic rings. The van der Waals surface area contributed by atoms with Gasteiger partial charge in [0.15, 0.2) is 5.12 Å². The lowest BCUT2D eigenvalue weighted by Gasteiger charge is -2.24.